The van der Waals surface area contributed by atoms with Gasteiger partial charge in [-0.3, -0.25) is 0 Å². The highest BCUT2D eigenvalue weighted by Gasteiger charge is 2.30. The van der Waals surface area contributed by atoms with Gasteiger partial charge in [0.2, 0.25) is 0 Å². The number of aromatic carboxylic acids is 1. The fourth-order valence-electron chi connectivity index (χ4n) is 2.10. The van der Waals surface area contributed by atoms with Gasteiger partial charge in [0.15, 0.2) is 5.69 Å². The van der Waals surface area contributed by atoms with Crippen molar-refractivity contribution in [2.75, 3.05) is 0 Å². The standard InChI is InChI=1S/C12H19N3O2/c1-8(2)6-7-15-11(9-4-3-5-9)10(12(16)17)13-14-15/h8-9H,3-7H2,1-2H3,(H,16,17). The molecular weight excluding hydrogens is 218 g/mol. The first-order valence-corrected chi connectivity index (χ1v) is 6.26. The maximum absolute atomic E-state index is 11.1. The van der Waals surface area contributed by atoms with Crippen LogP contribution in [0.5, 0.6) is 0 Å². The van der Waals surface area contributed by atoms with Crippen molar-refractivity contribution in [3.05, 3.63) is 11.4 Å². The Labute approximate surface area is 101 Å². The number of carbonyl (C=O) groups is 1. The molecule has 0 unspecified atom stereocenters. The molecule has 0 amide bonds. The molecule has 0 radical (unpaired) electrons. The predicted molar refractivity (Wildman–Crippen MR) is 63.0 cm³/mol. The monoisotopic (exact) mass is 237 g/mol. The lowest BCUT2D eigenvalue weighted by atomic mass is 9.82. The van der Waals surface area contributed by atoms with E-state index in [0.29, 0.717) is 11.8 Å². The number of hydrogen-bond acceptors (Lipinski definition) is 3. The van der Waals surface area contributed by atoms with E-state index in [2.05, 4.69) is 24.2 Å². The van der Waals surface area contributed by atoms with Crippen molar-refractivity contribution in [2.45, 2.75) is 52.0 Å². The van der Waals surface area contributed by atoms with E-state index >= 15 is 0 Å². The molecule has 1 aromatic rings. The molecule has 0 aromatic carbocycles. The zero-order valence-electron chi connectivity index (χ0n) is 10.4. The maximum Gasteiger partial charge on any atom is 0.358 e. The lowest BCUT2D eigenvalue weighted by molar-refractivity contribution is 0.0687. The quantitative estimate of drug-likeness (QED) is 0.853. The third-order valence-corrected chi connectivity index (χ3v) is 3.39. The molecule has 1 aromatic heterocycles. The predicted octanol–water partition coefficient (Wildman–Crippen LogP) is 2.29. The van der Waals surface area contributed by atoms with Crippen molar-refractivity contribution >= 4 is 5.97 Å². The highest BCUT2D eigenvalue weighted by molar-refractivity contribution is 5.86. The summed E-state index contributed by atoms with van der Waals surface area (Å²) in [6, 6.07) is 0. The summed E-state index contributed by atoms with van der Waals surface area (Å²) in [7, 11) is 0. The Morgan fingerprint density at radius 2 is 2.24 bits per heavy atom. The van der Waals surface area contributed by atoms with Gasteiger partial charge in [-0.15, -0.1) is 5.10 Å². The van der Waals surface area contributed by atoms with Crippen molar-refractivity contribution in [3.63, 3.8) is 0 Å². The Balaban J connectivity index is 2.22. The maximum atomic E-state index is 11.1. The third-order valence-electron chi connectivity index (χ3n) is 3.39. The summed E-state index contributed by atoms with van der Waals surface area (Å²) in [5, 5.41) is 16.9. The SMILES string of the molecule is CC(C)CCn1nnc(C(=O)O)c1C1CCC1. The van der Waals surface area contributed by atoms with E-state index in [9.17, 15) is 4.79 Å². The molecule has 1 heterocycles. The van der Waals surface area contributed by atoms with Crippen LogP contribution in [0.1, 0.15) is 61.6 Å². The number of aromatic nitrogens is 3. The molecule has 1 N–H and O–H groups in total. The molecule has 5 heteroatoms. The van der Waals surface area contributed by atoms with Gasteiger partial charge in [-0.2, -0.15) is 0 Å². The largest absolute Gasteiger partial charge is 0.476 e. The summed E-state index contributed by atoms with van der Waals surface area (Å²) < 4.78 is 1.80. The first-order valence-electron chi connectivity index (χ1n) is 6.26. The summed E-state index contributed by atoms with van der Waals surface area (Å²) in [5.74, 6) is -0.0207. The molecule has 1 fully saturated rings. The minimum Gasteiger partial charge on any atom is -0.476 e. The van der Waals surface area contributed by atoms with Crippen molar-refractivity contribution in [3.8, 4) is 0 Å². The molecule has 0 saturated heterocycles. The molecule has 1 saturated carbocycles. The molecule has 0 aliphatic heterocycles. The minimum absolute atomic E-state index is 0.151. The number of nitrogens with zero attached hydrogens (tertiary/aromatic N) is 3. The van der Waals surface area contributed by atoms with Crippen LogP contribution in [0.15, 0.2) is 0 Å². The highest BCUT2D eigenvalue weighted by atomic mass is 16.4. The van der Waals surface area contributed by atoms with Crippen LogP contribution in [0.3, 0.4) is 0 Å². The van der Waals surface area contributed by atoms with Crippen molar-refractivity contribution in [2.24, 2.45) is 5.92 Å². The number of carboxylic acid groups (broad SMARTS) is 1. The lowest BCUT2D eigenvalue weighted by Gasteiger charge is -2.26. The van der Waals surface area contributed by atoms with Crippen molar-refractivity contribution in [1.29, 1.82) is 0 Å². The van der Waals surface area contributed by atoms with E-state index < -0.39 is 5.97 Å². The van der Waals surface area contributed by atoms with Gasteiger partial charge < -0.3 is 5.11 Å². The highest BCUT2D eigenvalue weighted by Crippen LogP contribution is 2.37. The van der Waals surface area contributed by atoms with Crippen LogP contribution < -0.4 is 0 Å². The fourth-order valence-corrected chi connectivity index (χ4v) is 2.10. The second-order valence-electron chi connectivity index (χ2n) is 5.16. The molecule has 0 bridgehead atoms. The van der Waals surface area contributed by atoms with E-state index in [1.807, 2.05) is 0 Å². The Hall–Kier alpha value is -1.39. The molecule has 17 heavy (non-hydrogen) atoms. The zero-order chi connectivity index (χ0) is 12.4. The van der Waals surface area contributed by atoms with E-state index in [1.165, 1.54) is 6.42 Å². The fraction of sp³-hybridized carbons (Fsp3) is 0.750. The number of aryl methyl sites for hydroxylation is 1. The van der Waals surface area contributed by atoms with Gasteiger partial charge in [0.05, 0.1) is 5.69 Å². The molecule has 2 rings (SSSR count). The third kappa shape index (κ3) is 2.48. The van der Waals surface area contributed by atoms with Gasteiger partial charge in [0, 0.05) is 12.5 Å². The Morgan fingerprint density at radius 1 is 1.53 bits per heavy atom. The Morgan fingerprint density at radius 3 is 2.71 bits per heavy atom. The number of rotatable bonds is 5. The average molecular weight is 237 g/mol. The molecule has 94 valence electrons. The van der Waals surface area contributed by atoms with Crippen LogP contribution in [0.25, 0.3) is 0 Å². The van der Waals surface area contributed by atoms with Crippen molar-refractivity contribution in [1.82, 2.24) is 15.0 Å². The lowest BCUT2D eigenvalue weighted by Crippen LogP contribution is -2.18. The smallest absolute Gasteiger partial charge is 0.358 e. The van der Waals surface area contributed by atoms with Crippen LogP contribution in [-0.4, -0.2) is 26.1 Å². The summed E-state index contributed by atoms with van der Waals surface area (Å²) in [6.07, 6.45) is 4.31. The summed E-state index contributed by atoms with van der Waals surface area (Å²) in [5.41, 5.74) is 0.989. The van der Waals surface area contributed by atoms with Gasteiger partial charge >= 0.3 is 5.97 Å². The zero-order valence-corrected chi connectivity index (χ0v) is 10.4. The van der Waals surface area contributed by atoms with Crippen LogP contribution in [0, 0.1) is 5.92 Å². The van der Waals surface area contributed by atoms with Crippen LogP contribution in [-0.2, 0) is 6.54 Å². The van der Waals surface area contributed by atoms with Crippen LogP contribution >= 0.6 is 0 Å². The van der Waals surface area contributed by atoms with Crippen molar-refractivity contribution < 1.29 is 9.90 Å². The second-order valence-corrected chi connectivity index (χ2v) is 5.16. The summed E-state index contributed by atoms with van der Waals surface area (Å²) in [4.78, 5) is 11.1. The summed E-state index contributed by atoms with van der Waals surface area (Å²) >= 11 is 0. The van der Waals surface area contributed by atoms with Gasteiger partial charge in [-0.05, 0) is 25.2 Å². The number of carboxylic acids is 1. The van der Waals surface area contributed by atoms with E-state index in [0.717, 1.165) is 31.5 Å². The minimum atomic E-state index is -0.956. The van der Waals surface area contributed by atoms with Gasteiger partial charge in [0.25, 0.3) is 0 Å². The molecule has 5 nitrogen and oxygen atoms in total. The van der Waals surface area contributed by atoms with E-state index in [-0.39, 0.29) is 5.69 Å². The first-order chi connectivity index (χ1) is 8.09. The van der Waals surface area contributed by atoms with Crippen LogP contribution in [0.2, 0.25) is 0 Å². The van der Waals surface area contributed by atoms with Gasteiger partial charge in [-0.25, -0.2) is 9.48 Å². The average Bonchev–Trinajstić information content (AvgIpc) is 2.56. The first kappa shape index (κ1) is 12.1. The van der Waals surface area contributed by atoms with E-state index in [1.54, 1.807) is 4.68 Å². The topological polar surface area (TPSA) is 68.0 Å². The molecule has 0 spiro atoms. The molecular formula is C12H19N3O2. The van der Waals surface area contributed by atoms with Gasteiger partial charge in [0.1, 0.15) is 0 Å². The Bertz CT molecular complexity index is 408. The van der Waals surface area contributed by atoms with Crippen LogP contribution in [0.4, 0.5) is 0 Å². The van der Waals surface area contributed by atoms with Gasteiger partial charge in [-0.1, -0.05) is 25.5 Å². The molecule has 0 atom stereocenters. The normalized spacial score (nSPS) is 16.2. The molecule has 1 aliphatic carbocycles. The molecule has 1 aliphatic rings. The van der Waals surface area contributed by atoms with E-state index in [4.69, 9.17) is 5.11 Å². The summed E-state index contributed by atoms with van der Waals surface area (Å²) in [6.45, 7) is 5.07. The second kappa shape index (κ2) is 4.85. The number of hydrogen-bond donors (Lipinski definition) is 1. The Kier molecular flexibility index (Phi) is 3.45.